The van der Waals surface area contributed by atoms with Crippen LogP contribution in [0.5, 0.6) is 0 Å². The van der Waals surface area contributed by atoms with E-state index in [1.165, 1.54) is 23.0 Å². The SMILES string of the molecule is CCn1cncc1Cn1ccc(C(=O)C(F)(F)F)c1. The van der Waals surface area contributed by atoms with Gasteiger partial charge in [0.15, 0.2) is 0 Å². The minimum Gasteiger partial charge on any atom is -0.348 e. The summed E-state index contributed by atoms with van der Waals surface area (Å²) in [6.07, 6.45) is 1.11. The molecule has 0 aromatic carbocycles. The smallest absolute Gasteiger partial charge is 0.348 e. The fourth-order valence-electron chi connectivity index (χ4n) is 1.79. The zero-order chi connectivity index (χ0) is 14.0. The van der Waals surface area contributed by atoms with Crippen molar-refractivity contribution < 1.29 is 18.0 Å². The van der Waals surface area contributed by atoms with E-state index in [-0.39, 0.29) is 5.56 Å². The maximum atomic E-state index is 12.3. The number of Topliss-reactive ketones (excluding diaryl/α,β-unsaturated/α-hetero) is 1. The molecule has 4 nitrogen and oxygen atoms in total. The Labute approximate surface area is 107 Å². The summed E-state index contributed by atoms with van der Waals surface area (Å²) in [5, 5.41) is 0. The number of hydrogen-bond acceptors (Lipinski definition) is 2. The van der Waals surface area contributed by atoms with Crippen LogP contribution in [0.1, 0.15) is 23.0 Å². The van der Waals surface area contributed by atoms with Crippen molar-refractivity contribution in [2.24, 2.45) is 0 Å². The van der Waals surface area contributed by atoms with Crippen molar-refractivity contribution in [3.63, 3.8) is 0 Å². The topological polar surface area (TPSA) is 39.8 Å². The maximum absolute atomic E-state index is 12.3. The van der Waals surface area contributed by atoms with Crippen LogP contribution in [0.15, 0.2) is 31.0 Å². The van der Waals surface area contributed by atoms with E-state index in [0.29, 0.717) is 6.54 Å². The number of alkyl halides is 3. The van der Waals surface area contributed by atoms with Crippen LogP contribution in [0.25, 0.3) is 0 Å². The summed E-state index contributed by atoms with van der Waals surface area (Å²) in [5.74, 6) is -1.82. The predicted octanol–water partition coefficient (Wildman–Crippen LogP) is 2.50. The van der Waals surface area contributed by atoms with E-state index in [2.05, 4.69) is 4.98 Å². The Hall–Kier alpha value is -2.05. The highest BCUT2D eigenvalue weighted by atomic mass is 19.4. The largest absolute Gasteiger partial charge is 0.454 e. The molecule has 7 heteroatoms. The first-order chi connectivity index (χ1) is 8.91. The van der Waals surface area contributed by atoms with E-state index in [1.807, 2.05) is 11.5 Å². The van der Waals surface area contributed by atoms with Crippen LogP contribution in [-0.2, 0) is 13.1 Å². The Morgan fingerprint density at radius 2 is 2.16 bits per heavy atom. The normalized spacial score (nSPS) is 11.8. The third-order valence-electron chi connectivity index (χ3n) is 2.75. The maximum Gasteiger partial charge on any atom is 0.454 e. The summed E-state index contributed by atoms with van der Waals surface area (Å²) in [4.78, 5) is 15.0. The molecule has 0 fully saturated rings. The summed E-state index contributed by atoms with van der Waals surface area (Å²) < 4.78 is 40.2. The van der Waals surface area contributed by atoms with E-state index in [4.69, 9.17) is 0 Å². The van der Waals surface area contributed by atoms with Crippen LogP contribution in [-0.4, -0.2) is 26.1 Å². The number of aryl methyl sites for hydroxylation is 1. The molecule has 0 atom stereocenters. The Bertz CT molecular complexity index is 583. The Morgan fingerprint density at radius 1 is 1.42 bits per heavy atom. The molecular formula is C12H12F3N3O. The van der Waals surface area contributed by atoms with Gasteiger partial charge in [-0.25, -0.2) is 4.98 Å². The lowest BCUT2D eigenvalue weighted by molar-refractivity contribution is -0.0885. The first kappa shape index (κ1) is 13.4. The fourth-order valence-corrected chi connectivity index (χ4v) is 1.79. The molecule has 2 rings (SSSR count). The third-order valence-corrected chi connectivity index (χ3v) is 2.75. The molecule has 0 radical (unpaired) electrons. The van der Waals surface area contributed by atoms with E-state index in [9.17, 15) is 18.0 Å². The fraction of sp³-hybridized carbons (Fsp3) is 0.333. The second kappa shape index (κ2) is 4.91. The van der Waals surface area contributed by atoms with Crippen molar-refractivity contribution >= 4 is 5.78 Å². The number of rotatable bonds is 4. The number of hydrogen-bond donors (Lipinski definition) is 0. The van der Waals surface area contributed by atoms with Gasteiger partial charge in [0.25, 0.3) is 5.78 Å². The van der Waals surface area contributed by atoms with Gasteiger partial charge in [0, 0.05) is 30.7 Å². The number of carbonyl (C=O) groups excluding carboxylic acids is 1. The van der Waals surface area contributed by atoms with Crippen LogP contribution in [0.2, 0.25) is 0 Å². The second-order valence-corrected chi connectivity index (χ2v) is 4.07. The number of imidazole rings is 1. The lowest BCUT2D eigenvalue weighted by Gasteiger charge is -2.06. The number of halogens is 3. The summed E-state index contributed by atoms with van der Waals surface area (Å²) >= 11 is 0. The van der Waals surface area contributed by atoms with Gasteiger partial charge in [0.05, 0.1) is 18.6 Å². The molecule has 0 aliphatic heterocycles. The lowest BCUT2D eigenvalue weighted by Crippen LogP contribution is -2.22. The number of nitrogens with zero attached hydrogens (tertiary/aromatic N) is 3. The van der Waals surface area contributed by atoms with Crippen molar-refractivity contribution in [2.75, 3.05) is 0 Å². The molecule has 0 amide bonds. The van der Waals surface area contributed by atoms with Gasteiger partial charge >= 0.3 is 6.18 Å². The van der Waals surface area contributed by atoms with Crippen molar-refractivity contribution in [1.29, 1.82) is 0 Å². The van der Waals surface area contributed by atoms with Gasteiger partial charge in [0.2, 0.25) is 0 Å². The van der Waals surface area contributed by atoms with Gasteiger partial charge < -0.3 is 9.13 Å². The van der Waals surface area contributed by atoms with Gasteiger partial charge in [-0.1, -0.05) is 0 Å². The average molecular weight is 271 g/mol. The lowest BCUT2D eigenvalue weighted by atomic mass is 10.2. The van der Waals surface area contributed by atoms with Gasteiger partial charge in [-0.05, 0) is 13.0 Å². The molecule has 2 heterocycles. The van der Waals surface area contributed by atoms with Crippen molar-refractivity contribution in [3.05, 3.63) is 42.2 Å². The Kier molecular flexibility index (Phi) is 3.46. The molecule has 0 N–H and O–H groups in total. The van der Waals surface area contributed by atoms with Crippen molar-refractivity contribution in [1.82, 2.24) is 14.1 Å². The van der Waals surface area contributed by atoms with Gasteiger partial charge in [-0.2, -0.15) is 13.2 Å². The molecule has 0 aliphatic rings. The number of aromatic nitrogens is 3. The molecule has 2 aromatic rings. The van der Waals surface area contributed by atoms with Gasteiger partial charge in [0.1, 0.15) is 0 Å². The average Bonchev–Trinajstić information content (AvgIpc) is 2.96. The van der Waals surface area contributed by atoms with Crippen LogP contribution in [0.4, 0.5) is 13.2 Å². The molecular weight excluding hydrogens is 259 g/mol. The molecule has 0 saturated heterocycles. The Balaban J connectivity index is 2.16. The molecule has 0 saturated carbocycles. The van der Waals surface area contributed by atoms with E-state index < -0.39 is 12.0 Å². The van der Waals surface area contributed by atoms with E-state index in [1.54, 1.807) is 12.5 Å². The first-order valence-corrected chi connectivity index (χ1v) is 5.68. The molecule has 0 bridgehead atoms. The van der Waals surface area contributed by atoms with Gasteiger partial charge in [-0.15, -0.1) is 0 Å². The number of carbonyl (C=O) groups is 1. The summed E-state index contributed by atoms with van der Waals surface area (Å²) in [7, 11) is 0. The minimum absolute atomic E-state index is 0.352. The summed E-state index contributed by atoms with van der Waals surface area (Å²) in [6, 6.07) is 1.17. The van der Waals surface area contributed by atoms with E-state index in [0.717, 1.165) is 12.2 Å². The third kappa shape index (κ3) is 2.86. The molecule has 0 unspecified atom stereocenters. The highest BCUT2D eigenvalue weighted by molar-refractivity contribution is 6.00. The standard InChI is InChI=1S/C12H12F3N3O/c1-2-18-8-16-5-10(18)7-17-4-3-9(6-17)11(19)12(13,14)15/h3-6,8H,2,7H2,1H3. The Morgan fingerprint density at radius 3 is 2.79 bits per heavy atom. The second-order valence-electron chi connectivity index (χ2n) is 4.07. The molecule has 102 valence electrons. The highest BCUT2D eigenvalue weighted by Crippen LogP contribution is 2.21. The van der Waals surface area contributed by atoms with Crippen LogP contribution in [0.3, 0.4) is 0 Å². The monoisotopic (exact) mass is 271 g/mol. The highest BCUT2D eigenvalue weighted by Gasteiger charge is 2.39. The molecule has 2 aromatic heterocycles. The van der Waals surface area contributed by atoms with Crippen molar-refractivity contribution in [2.45, 2.75) is 26.2 Å². The van der Waals surface area contributed by atoms with Gasteiger partial charge in [-0.3, -0.25) is 4.79 Å². The first-order valence-electron chi connectivity index (χ1n) is 5.68. The van der Waals surface area contributed by atoms with Crippen LogP contribution >= 0.6 is 0 Å². The summed E-state index contributed by atoms with van der Waals surface area (Å²) in [5.41, 5.74) is 0.513. The van der Waals surface area contributed by atoms with Crippen LogP contribution < -0.4 is 0 Å². The van der Waals surface area contributed by atoms with Crippen molar-refractivity contribution in [3.8, 4) is 0 Å². The summed E-state index contributed by atoms with van der Waals surface area (Å²) in [6.45, 7) is 3.05. The zero-order valence-electron chi connectivity index (χ0n) is 10.2. The molecule has 19 heavy (non-hydrogen) atoms. The zero-order valence-corrected chi connectivity index (χ0v) is 10.2. The minimum atomic E-state index is -4.84. The van der Waals surface area contributed by atoms with Crippen LogP contribution in [0, 0.1) is 0 Å². The number of ketones is 1. The quantitative estimate of drug-likeness (QED) is 0.801. The van der Waals surface area contributed by atoms with E-state index >= 15 is 0 Å². The predicted molar refractivity (Wildman–Crippen MR) is 61.8 cm³/mol. The molecule has 0 spiro atoms. The molecule has 0 aliphatic carbocycles.